The van der Waals surface area contributed by atoms with Crippen LogP contribution in [-0.4, -0.2) is 11.9 Å². The molecule has 0 aliphatic heterocycles. The summed E-state index contributed by atoms with van der Waals surface area (Å²) in [5, 5.41) is 5.11. The van der Waals surface area contributed by atoms with E-state index in [-0.39, 0.29) is 12.3 Å². The van der Waals surface area contributed by atoms with E-state index in [9.17, 15) is 14.0 Å². The Morgan fingerprint density at radius 3 is 2.45 bits per heavy atom. The van der Waals surface area contributed by atoms with Gasteiger partial charge in [-0.15, -0.1) is 0 Å². The average molecular weight is 301 g/mol. The first-order valence-electron chi connectivity index (χ1n) is 6.71. The summed E-state index contributed by atoms with van der Waals surface area (Å²) in [4.78, 5) is 23.2. The van der Waals surface area contributed by atoms with Crippen molar-refractivity contribution in [1.29, 1.82) is 0 Å². The van der Waals surface area contributed by atoms with E-state index in [0.717, 1.165) is 5.56 Å². The smallest absolute Gasteiger partial charge is 0.312 e. The molecule has 0 aromatic heterocycles. The van der Waals surface area contributed by atoms with Crippen LogP contribution in [0.1, 0.15) is 18.0 Å². The van der Waals surface area contributed by atoms with Crippen LogP contribution in [0.3, 0.4) is 0 Å². The Bertz CT molecular complexity index is 661. The molecule has 0 heterocycles. The van der Waals surface area contributed by atoms with Crippen molar-refractivity contribution in [1.82, 2.24) is 5.32 Å². The van der Waals surface area contributed by atoms with Crippen LogP contribution in [-0.2, 0) is 4.79 Å². The van der Waals surface area contributed by atoms with Gasteiger partial charge in [-0.1, -0.05) is 36.4 Å². The van der Waals surface area contributed by atoms with Gasteiger partial charge in [-0.3, -0.25) is 4.79 Å². The highest BCUT2D eigenvalue weighted by molar-refractivity contribution is 5.91. The molecule has 2 rings (SSSR count). The first kappa shape index (κ1) is 15.5. The Kier molecular flexibility index (Phi) is 5.08. The molecule has 0 saturated carbocycles. The zero-order valence-electron chi connectivity index (χ0n) is 11.8. The number of benzene rings is 2. The van der Waals surface area contributed by atoms with Gasteiger partial charge in [-0.05, 0) is 23.8 Å². The number of halogens is 1. The van der Waals surface area contributed by atoms with Gasteiger partial charge < -0.3 is 16.4 Å². The fourth-order valence-corrected chi connectivity index (χ4v) is 2.07. The SMILES string of the molecule is NC(=O)N[C@H](CC(=O)Nc1cccc(F)c1)c1ccccc1. The summed E-state index contributed by atoms with van der Waals surface area (Å²) in [6.45, 7) is 0. The van der Waals surface area contributed by atoms with Crippen molar-refractivity contribution < 1.29 is 14.0 Å². The van der Waals surface area contributed by atoms with Crippen LogP contribution in [0.2, 0.25) is 0 Å². The predicted molar refractivity (Wildman–Crippen MR) is 81.5 cm³/mol. The zero-order valence-corrected chi connectivity index (χ0v) is 11.8. The minimum atomic E-state index is -0.715. The maximum Gasteiger partial charge on any atom is 0.312 e. The number of urea groups is 1. The quantitative estimate of drug-likeness (QED) is 0.793. The Balaban J connectivity index is 2.06. The van der Waals surface area contributed by atoms with Crippen LogP contribution in [0.4, 0.5) is 14.9 Å². The van der Waals surface area contributed by atoms with E-state index in [1.165, 1.54) is 18.2 Å². The Morgan fingerprint density at radius 2 is 1.82 bits per heavy atom. The van der Waals surface area contributed by atoms with E-state index in [4.69, 9.17) is 5.73 Å². The molecule has 0 bridgehead atoms. The number of hydrogen-bond acceptors (Lipinski definition) is 2. The third-order valence-electron chi connectivity index (χ3n) is 3.02. The average Bonchev–Trinajstić information content (AvgIpc) is 2.47. The van der Waals surface area contributed by atoms with Crippen LogP contribution >= 0.6 is 0 Å². The second-order valence-electron chi connectivity index (χ2n) is 4.73. The van der Waals surface area contributed by atoms with E-state index in [2.05, 4.69) is 10.6 Å². The molecule has 0 spiro atoms. The molecule has 4 N–H and O–H groups in total. The van der Waals surface area contributed by atoms with Crippen molar-refractivity contribution in [3.63, 3.8) is 0 Å². The summed E-state index contributed by atoms with van der Waals surface area (Å²) in [6, 6.07) is 13.3. The monoisotopic (exact) mass is 301 g/mol. The molecule has 0 aliphatic carbocycles. The highest BCUT2D eigenvalue weighted by Gasteiger charge is 2.17. The third kappa shape index (κ3) is 4.59. The number of anilines is 1. The summed E-state index contributed by atoms with van der Waals surface area (Å²) in [6.07, 6.45) is -0.0104. The topological polar surface area (TPSA) is 84.2 Å². The fourth-order valence-electron chi connectivity index (χ4n) is 2.07. The molecule has 0 radical (unpaired) electrons. The molecule has 0 unspecified atom stereocenters. The molecule has 6 heteroatoms. The molecular formula is C16H16FN3O2. The zero-order chi connectivity index (χ0) is 15.9. The van der Waals surface area contributed by atoms with Gasteiger partial charge in [0.05, 0.1) is 12.5 Å². The van der Waals surface area contributed by atoms with Gasteiger partial charge >= 0.3 is 6.03 Å². The van der Waals surface area contributed by atoms with E-state index < -0.39 is 17.9 Å². The lowest BCUT2D eigenvalue weighted by atomic mass is 10.0. The van der Waals surface area contributed by atoms with Gasteiger partial charge in [-0.2, -0.15) is 0 Å². The number of amides is 3. The summed E-state index contributed by atoms with van der Waals surface area (Å²) in [5.74, 6) is -0.791. The summed E-state index contributed by atoms with van der Waals surface area (Å²) < 4.78 is 13.1. The molecule has 2 aromatic rings. The highest BCUT2D eigenvalue weighted by Crippen LogP contribution is 2.18. The highest BCUT2D eigenvalue weighted by atomic mass is 19.1. The number of nitrogens with two attached hydrogens (primary N) is 1. The fraction of sp³-hybridized carbons (Fsp3) is 0.125. The van der Waals surface area contributed by atoms with Crippen molar-refractivity contribution in [2.45, 2.75) is 12.5 Å². The second-order valence-corrected chi connectivity index (χ2v) is 4.73. The van der Waals surface area contributed by atoms with Gasteiger partial charge in [0.25, 0.3) is 0 Å². The van der Waals surface area contributed by atoms with E-state index in [1.54, 1.807) is 30.3 Å². The molecule has 3 amide bonds. The largest absolute Gasteiger partial charge is 0.352 e. The molecule has 114 valence electrons. The van der Waals surface area contributed by atoms with Gasteiger partial charge in [0.1, 0.15) is 5.82 Å². The van der Waals surface area contributed by atoms with E-state index in [1.807, 2.05) is 6.07 Å². The molecule has 0 fully saturated rings. The Hall–Kier alpha value is -2.89. The summed E-state index contributed by atoms with van der Waals surface area (Å²) >= 11 is 0. The Labute approximate surface area is 127 Å². The molecule has 5 nitrogen and oxygen atoms in total. The predicted octanol–water partition coefficient (Wildman–Crippen LogP) is 2.56. The van der Waals surface area contributed by atoms with Gasteiger partial charge in [0.2, 0.25) is 5.91 Å². The van der Waals surface area contributed by atoms with Crippen molar-refractivity contribution in [2.24, 2.45) is 5.73 Å². The lowest BCUT2D eigenvalue weighted by Crippen LogP contribution is -2.35. The van der Waals surface area contributed by atoms with Crippen LogP contribution in [0.5, 0.6) is 0 Å². The van der Waals surface area contributed by atoms with Crippen molar-refractivity contribution in [2.75, 3.05) is 5.32 Å². The number of primary amides is 1. The Morgan fingerprint density at radius 1 is 1.09 bits per heavy atom. The molecule has 1 atom stereocenters. The number of carbonyl (C=O) groups is 2. The van der Waals surface area contributed by atoms with Crippen LogP contribution in [0.25, 0.3) is 0 Å². The van der Waals surface area contributed by atoms with Crippen LogP contribution < -0.4 is 16.4 Å². The summed E-state index contributed by atoms with van der Waals surface area (Å²) in [7, 11) is 0. The number of hydrogen-bond donors (Lipinski definition) is 3. The standard InChI is InChI=1S/C16H16FN3O2/c17-12-7-4-8-13(9-12)19-15(21)10-14(20-16(18)22)11-5-2-1-3-6-11/h1-9,14H,10H2,(H,19,21)(H3,18,20,22)/t14-/m1/s1. The normalized spacial score (nSPS) is 11.5. The molecular weight excluding hydrogens is 285 g/mol. The number of nitrogens with one attached hydrogen (secondary N) is 2. The minimum Gasteiger partial charge on any atom is -0.352 e. The lowest BCUT2D eigenvalue weighted by molar-refractivity contribution is -0.116. The molecule has 2 aromatic carbocycles. The van der Waals surface area contributed by atoms with Crippen molar-refractivity contribution >= 4 is 17.6 Å². The van der Waals surface area contributed by atoms with Gasteiger partial charge in [0, 0.05) is 5.69 Å². The van der Waals surface area contributed by atoms with E-state index in [0.29, 0.717) is 5.69 Å². The van der Waals surface area contributed by atoms with Crippen molar-refractivity contribution in [3.05, 3.63) is 66.0 Å². The first-order chi connectivity index (χ1) is 10.5. The number of carbonyl (C=O) groups excluding carboxylic acids is 2. The van der Waals surface area contributed by atoms with Crippen LogP contribution in [0, 0.1) is 5.82 Å². The molecule has 0 saturated heterocycles. The maximum atomic E-state index is 13.1. The van der Waals surface area contributed by atoms with Gasteiger partial charge in [0.15, 0.2) is 0 Å². The van der Waals surface area contributed by atoms with Crippen LogP contribution in [0.15, 0.2) is 54.6 Å². The lowest BCUT2D eigenvalue weighted by Gasteiger charge is -2.17. The second kappa shape index (κ2) is 7.21. The molecule has 22 heavy (non-hydrogen) atoms. The van der Waals surface area contributed by atoms with Crippen molar-refractivity contribution in [3.8, 4) is 0 Å². The first-order valence-corrected chi connectivity index (χ1v) is 6.71. The number of rotatable bonds is 5. The molecule has 0 aliphatic rings. The van der Waals surface area contributed by atoms with Gasteiger partial charge in [-0.25, -0.2) is 9.18 Å². The minimum absolute atomic E-state index is 0.0104. The third-order valence-corrected chi connectivity index (χ3v) is 3.02. The summed E-state index contributed by atoms with van der Waals surface area (Å²) in [5.41, 5.74) is 6.26. The van der Waals surface area contributed by atoms with E-state index >= 15 is 0 Å². The maximum absolute atomic E-state index is 13.1.